The second kappa shape index (κ2) is 10.4. The molecule has 0 aromatic heterocycles. The average Bonchev–Trinajstić information content (AvgIpc) is 2.98. The van der Waals surface area contributed by atoms with Gasteiger partial charge in [-0.2, -0.15) is 23.5 Å². The lowest BCUT2D eigenvalue weighted by Crippen LogP contribution is -1.95. The molecule has 0 spiro atoms. The van der Waals surface area contributed by atoms with Crippen molar-refractivity contribution in [2.24, 2.45) is 0 Å². The fraction of sp³-hybridized carbons (Fsp3) is 0.111. The number of rotatable bonds is 0. The van der Waals surface area contributed by atoms with Gasteiger partial charge in [0.05, 0.1) is 0 Å². The minimum atomic E-state index is 1.00. The highest BCUT2D eigenvalue weighted by molar-refractivity contribution is 7.98. The summed E-state index contributed by atoms with van der Waals surface area (Å²) >= 11 is 4.03. The van der Waals surface area contributed by atoms with Crippen LogP contribution in [0.2, 0.25) is 0 Å². The molecule has 6 aromatic carbocycles. The van der Waals surface area contributed by atoms with E-state index in [4.69, 9.17) is 0 Å². The second-order valence-electron chi connectivity index (χ2n) is 10.0. The molecule has 0 unspecified atom stereocenters. The Morgan fingerprint density at radius 1 is 0.342 bits per heavy atom. The van der Waals surface area contributed by atoms with Crippen molar-refractivity contribution < 1.29 is 0 Å². The zero-order valence-corrected chi connectivity index (χ0v) is 22.8. The Balaban J connectivity index is 1.34. The van der Waals surface area contributed by atoms with Crippen LogP contribution in [0.15, 0.2) is 121 Å². The van der Waals surface area contributed by atoms with Gasteiger partial charge in [0, 0.05) is 23.0 Å². The van der Waals surface area contributed by atoms with Gasteiger partial charge in [0.2, 0.25) is 0 Å². The number of benzene rings is 6. The van der Waals surface area contributed by atoms with Crippen molar-refractivity contribution in [3.05, 3.63) is 144 Å². The van der Waals surface area contributed by atoms with Crippen LogP contribution in [-0.2, 0) is 23.0 Å². The smallest absolute Gasteiger partial charge is 0.0200 e. The minimum Gasteiger partial charge on any atom is -0.152 e. The molecule has 4 aliphatic rings. The summed E-state index contributed by atoms with van der Waals surface area (Å²) in [5, 5.41) is 5.61. The summed E-state index contributed by atoms with van der Waals surface area (Å²) < 4.78 is 0. The third kappa shape index (κ3) is 4.53. The fourth-order valence-corrected chi connectivity index (χ4v) is 7.72. The molecule has 0 N–H and O–H groups in total. The molecular formula is C36H28S2. The summed E-state index contributed by atoms with van der Waals surface area (Å²) in [5.41, 5.74) is 10.7. The van der Waals surface area contributed by atoms with E-state index in [0.29, 0.717) is 0 Å². The zero-order chi connectivity index (χ0) is 25.3. The van der Waals surface area contributed by atoms with Gasteiger partial charge < -0.3 is 0 Å². The fourth-order valence-electron chi connectivity index (χ4n) is 5.63. The van der Waals surface area contributed by atoms with Gasteiger partial charge in [0.1, 0.15) is 0 Å². The van der Waals surface area contributed by atoms with Crippen LogP contribution in [0.3, 0.4) is 0 Å². The lowest BCUT2D eigenvalue weighted by atomic mass is 9.93. The van der Waals surface area contributed by atoms with E-state index in [0.717, 1.165) is 23.0 Å². The summed E-state index contributed by atoms with van der Waals surface area (Å²) in [6.07, 6.45) is 0. The summed E-state index contributed by atoms with van der Waals surface area (Å²) in [6.45, 7) is 0. The molecule has 38 heavy (non-hydrogen) atoms. The van der Waals surface area contributed by atoms with Crippen molar-refractivity contribution in [3.63, 3.8) is 0 Å². The molecule has 0 fully saturated rings. The molecule has 0 aliphatic carbocycles. The third-order valence-corrected chi connectivity index (χ3v) is 9.68. The monoisotopic (exact) mass is 524 g/mol. The third-order valence-electron chi connectivity index (χ3n) is 7.62. The zero-order valence-electron chi connectivity index (χ0n) is 21.2. The first-order valence-corrected chi connectivity index (χ1v) is 15.5. The summed E-state index contributed by atoms with van der Waals surface area (Å²) in [7, 11) is 0. The molecule has 6 aromatic rings. The molecule has 0 nitrogen and oxygen atoms in total. The van der Waals surface area contributed by atoms with E-state index in [-0.39, 0.29) is 0 Å². The molecule has 0 atom stereocenters. The standard InChI is InChI=1S/C36H28S2/c1-2-9-32-31(8-1)35-23-37-21-25-12-16-27(17-13-25)29-6-5-7-30(20-29)28-18-14-26(15-19-28)22-38-24-36(32)34-11-4-3-10-33(34)35/h1-20H,21-24H2. The Hall–Kier alpha value is -3.46. The number of hydrogen-bond acceptors (Lipinski definition) is 2. The first-order valence-electron chi connectivity index (χ1n) is 13.2. The molecule has 0 radical (unpaired) electrons. The van der Waals surface area contributed by atoms with Gasteiger partial charge in [0.25, 0.3) is 0 Å². The van der Waals surface area contributed by atoms with E-state index < -0.39 is 0 Å². The minimum absolute atomic E-state index is 1.00. The quantitative estimate of drug-likeness (QED) is 0.181. The first kappa shape index (κ1) is 23.6. The predicted octanol–water partition coefficient (Wildman–Crippen LogP) is 10.5. The van der Waals surface area contributed by atoms with Crippen LogP contribution in [0.25, 0.3) is 43.8 Å². The summed E-state index contributed by atoms with van der Waals surface area (Å²) in [6, 6.07) is 45.3. The summed E-state index contributed by atoms with van der Waals surface area (Å²) in [4.78, 5) is 0. The van der Waals surface area contributed by atoms with E-state index >= 15 is 0 Å². The molecule has 8 bridgehead atoms. The highest BCUT2D eigenvalue weighted by atomic mass is 32.2. The predicted molar refractivity (Wildman–Crippen MR) is 169 cm³/mol. The maximum atomic E-state index is 2.32. The Labute approximate surface area is 233 Å². The van der Waals surface area contributed by atoms with Crippen LogP contribution in [0.5, 0.6) is 0 Å². The van der Waals surface area contributed by atoms with Crippen LogP contribution in [0.1, 0.15) is 22.3 Å². The SMILES string of the molecule is c1cc2cc(c1)-c1ccc(cc1)CSCc1c3ccccc3c(c3ccccc13)CSCc1ccc-2cc1. The van der Waals surface area contributed by atoms with Crippen molar-refractivity contribution in [2.75, 3.05) is 0 Å². The largest absolute Gasteiger partial charge is 0.152 e. The molecule has 0 amide bonds. The van der Waals surface area contributed by atoms with Crippen LogP contribution in [0, 0.1) is 0 Å². The highest BCUT2D eigenvalue weighted by Gasteiger charge is 2.14. The van der Waals surface area contributed by atoms with Crippen molar-refractivity contribution in [1.29, 1.82) is 0 Å². The van der Waals surface area contributed by atoms with E-state index in [9.17, 15) is 0 Å². The van der Waals surface area contributed by atoms with Crippen LogP contribution in [-0.4, -0.2) is 0 Å². The van der Waals surface area contributed by atoms with Crippen LogP contribution >= 0.6 is 23.5 Å². The Morgan fingerprint density at radius 3 is 1.13 bits per heavy atom. The first-order chi connectivity index (χ1) is 18.8. The maximum absolute atomic E-state index is 2.32. The van der Waals surface area contributed by atoms with Gasteiger partial charge in [-0.05, 0) is 72.1 Å². The van der Waals surface area contributed by atoms with Gasteiger partial charge in [-0.25, -0.2) is 0 Å². The lowest BCUT2D eigenvalue weighted by molar-refractivity contribution is 1.38. The number of hydrogen-bond donors (Lipinski definition) is 0. The second-order valence-corrected chi connectivity index (χ2v) is 12.0. The molecule has 0 saturated heterocycles. The van der Waals surface area contributed by atoms with Crippen molar-refractivity contribution >= 4 is 45.1 Å². The van der Waals surface area contributed by atoms with Gasteiger partial charge in [-0.3, -0.25) is 0 Å². The van der Waals surface area contributed by atoms with Crippen molar-refractivity contribution in [1.82, 2.24) is 0 Å². The summed E-state index contributed by atoms with van der Waals surface area (Å²) in [5.74, 6) is 4.02. The van der Waals surface area contributed by atoms with Crippen molar-refractivity contribution in [3.8, 4) is 22.3 Å². The Kier molecular flexibility index (Phi) is 6.45. The van der Waals surface area contributed by atoms with Gasteiger partial charge in [-0.15, -0.1) is 0 Å². The lowest BCUT2D eigenvalue weighted by Gasteiger charge is -2.17. The van der Waals surface area contributed by atoms with E-state index in [1.807, 2.05) is 23.5 Å². The molecular weight excluding hydrogens is 497 g/mol. The normalized spacial score (nSPS) is 13.7. The molecule has 4 aliphatic heterocycles. The Bertz CT molecular complexity index is 1560. The van der Waals surface area contributed by atoms with Crippen molar-refractivity contribution in [2.45, 2.75) is 23.0 Å². The molecule has 184 valence electrons. The molecule has 0 saturated carbocycles. The molecule has 4 heterocycles. The molecule has 2 heteroatoms. The Morgan fingerprint density at radius 2 is 0.737 bits per heavy atom. The van der Waals surface area contributed by atoms with Gasteiger partial charge in [0.15, 0.2) is 0 Å². The van der Waals surface area contributed by atoms with E-state index in [1.165, 1.54) is 66.1 Å². The molecule has 10 rings (SSSR count). The van der Waals surface area contributed by atoms with E-state index in [1.54, 1.807) is 0 Å². The number of fused-ring (bicyclic) bond motifs is 2. The van der Waals surface area contributed by atoms with Gasteiger partial charge in [-0.1, -0.05) is 115 Å². The topological polar surface area (TPSA) is 0 Å². The average molecular weight is 525 g/mol. The maximum Gasteiger partial charge on any atom is 0.0200 e. The number of thioether (sulfide) groups is 2. The van der Waals surface area contributed by atoms with Gasteiger partial charge >= 0.3 is 0 Å². The highest BCUT2D eigenvalue weighted by Crippen LogP contribution is 2.38. The van der Waals surface area contributed by atoms with Crippen LogP contribution < -0.4 is 0 Å². The van der Waals surface area contributed by atoms with Crippen LogP contribution in [0.4, 0.5) is 0 Å². The van der Waals surface area contributed by atoms with E-state index in [2.05, 4.69) is 121 Å².